The van der Waals surface area contributed by atoms with Gasteiger partial charge in [0.25, 0.3) is 0 Å². The van der Waals surface area contributed by atoms with E-state index in [0.717, 1.165) is 72.9 Å². The lowest BCUT2D eigenvalue weighted by atomic mass is 10.0. The molecule has 8 nitrogen and oxygen atoms in total. The Morgan fingerprint density at radius 1 is 1.20 bits per heavy atom. The Labute approximate surface area is 175 Å². The van der Waals surface area contributed by atoms with Gasteiger partial charge >= 0.3 is 6.03 Å². The number of methoxy groups -OCH3 is 1. The molecule has 2 aliphatic heterocycles. The van der Waals surface area contributed by atoms with Crippen molar-refractivity contribution in [1.29, 1.82) is 0 Å². The number of carbonyl (C=O) groups is 1. The van der Waals surface area contributed by atoms with Crippen LogP contribution in [0.25, 0.3) is 21.9 Å². The SMILES string of the molecule is COC1CCCN(C(=O)NC2CCN(c3cnc4ncc5[nH]cccc5c34)CC2)C1. The number of likely N-dealkylation sites (tertiary alicyclic amines) is 1. The van der Waals surface area contributed by atoms with Gasteiger partial charge in [-0.1, -0.05) is 6.07 Å². The molecule has 8 heteroatoms. The first-order valence-corrected chi connectivity index (χ1v) is 10.8. The lowest BCUT2D eigenvalue weighted by molar-refractivity contribution is 0.0428. The van der Waals surface area contributed by atoms with Crippen molar-refractivity contribution in [1.82, 2.24) is 25.2 Å². The summed E-state index contributed by atoms with van der Waals surface area (Å²) in [7, 11) is 1.72. The molecule has 0 spiro atoms. The maximum absolute atomic E-state index is 12.7. The van der Waals surface area contributed by atoms with Crippen molar-refractivity contribution in [2.24, 2.45) is 0 Å². The van der Waals surface area contributed by atoms with E-state index < -0.39 is 0 Å². The topological polar surface area (TPSA) is 86.4 Å². The molecule has 30 heavy (non-hydrogen) atoms. The quantitative estimate of drug-likeness (QED) is 0.696. The van der Waals surface area contributed by atoms with E-state index in [-0.39, 0.29) is 18.2 Å². The van der Waals surface area contributed by atoms with E-state index >= 15 is 0 Å². The average Bonchev–Trinajstić information content (AvgIpc) is 3.24. The van der Waals surface area contributed by atoms with E-state index in [1.165, 1.54) is 0 Å². The van der Waals surface area contributed by atoms with Gasteiger partial charge in [0.1, 0.15) is 0 Å². The summed E-state index contributed by atoms with van der Waals surface area (Å²) in [4.78, 5) is 29.2. The summed E-state index contributed by atoms with van der Waals surface area (Å²) in [5, 5.41) is 5.48. The number of amides is 2. The Morgan fingerprint density at radius 3 is 2.87 bits per heavy atom. The zero-order chi connectivity index (χ0) is 20.5. The Kier molecular flexibility index (Phi) is 5.16. The van der Waals surface area contributed by atoms with Crippen molar-refractivity contribution >= 4 is 33.7 Å². The summed E-state index contributed by atoms with van der Waals surface area (Å²) in [5.41, 5.74) is 2.93. The number of urea groups is 1. The van der Waals surface area contributed by atoms with Crippen LogP contribution in [0.5, 0.6) is 0 Å². The van der Waals surface area contributed by atoms with Gasteiger partial charge in [0, 0.05) is 50.9 Å². The largest absolute Gasteiger partial charge is 0.380 e. The highest BCUT2D eigenvalue weighted by Gasteiger charge is 2.27. The molecule has 1 atom stereocenters. The van der Waals surface area contributed by atoms with Crippen LogP contribution in [0.2, 0.25) is 0 Å². The van der Waals surface area contributed by atoms with Crippen molar-refractivity contribution in [3.05, 3.63) is 30.7 Å². The maximum Gasteiger partial charge on any atom is 0.317 e. The number of aromatic amines is 1. The normalized spacial score (nSPS) is 20.8. The lowest BCUT2D eigenvalue weighted by Crippen LogP contribution is -2.52. The molecule has 0 aromatic carbocycles. The number of pyridine rings is 2. The number of rotatable bonds is 3. The number of fused-ring (bicyclic) bond motifs is 3. The number of nitrogens with zero attached hydrogens (tertiary/aromatic N) is 4. The number of hydrogen-bond acceptors (Lipinski definition) is 5. The Morgan fingerprint density at radius 2 is 2.03 bits per heavy atom. The fourth-order valence-electron chi connectivity index (χ4n) is 4.71. The molecule has 2 N–H and O–H groups in total. The average molecular weight is 409 g/mol. The van der Waals surface area contributed by atoms with Gasteiger partial charge in [0.2, 0.25) is 0 Å². The highest BCUT2D eigenvalue weighted by molar-refractivity contribution is 6.10. The van der Waals surface area contributed by atoms with Crippen molar-refractivity contribution in [3.63, 3.8) is 0 Å². The van der Waals surface area contributed by atoms with Gasteiger partial charge < -0.3 is 24.8 Å². The van der Waals surface area contributed by atoms with Gasteiger partial charge in [0.15, 0.2) is 5.65 Å². The second-order valence-corrected chi connectivity index (χ2v) is 8.25. The van der Waals surface area contributed by atoms with Gasteiger partial charge in [-0.15, -0.1) is 0 Å². The van der Waals surface area contributed by atoms with Crippen LogP contribution >= 0.6 is 0 Å². The van der Waals surface area contributed by atoms with Gasteiger partial charge in [-0.3, -0.25) is 0 Å². The zero-order valence-corrected chi connectivity index (χ0v) is 17.3. The van der Waals surface area contributed by atoms with E-state index in [9.17, 15) is 4.79 Å². The minimum atomic E-state index is 0.0429. The standard InChI is InChI=1S/C22H28N6O2/c1-30-16-4-3-9-28(14-16)22(29)26-15-6-10-27(11-7-15)19-13-25-21-20(19)17-5-2-8-23-18(17)12-24-21/h2,5,8,12-13,15-16,23H,3-4,6-7,9-11,14H2,1H3,(H,26,29). The summed E-state index contributed by atoms with van der Waals surface area (Å²) in [5.74, 6) is 0. The number of H-pyrrole nitrogens is 1. The van der Waals surface area contributed by atoms with Crippen LogP contribution in [0.3, 0.4) is 0 Å². The number of anilines is 1. The second-order valence-electron chi connectivity index (χ2n) is 8.25. The minimum Gasteiger partial charge on any atom is -0.380 e. The van der Waals surface area contributed by atoms with Gasteiger partial charge in [-0.2, -0.15) is 0 Å². The molecular formula is C22H28N6O2. The fourth-order valence-corrected chi connectivity index (χ4v) is 4.71. The molecule has 3 aromatic rings. The lowest BCUT2D eigenvalue weighted by Gasteiger charge is -2.36. The first-order chi connectivity index (χ1) is 14.7. The van der Waals surface area contributed by atoms with E-state index in [2.05, 4.69) is 31.2 Å². The molecule has 2 saturated heterocycles. The van der Waals surface area contributed by atoms with E-state index in [0.29, 0.717) is 6.54 Å². The van der Waals surface area contributed by atoms with Crippen LogP contribution in [-0.4, -0.2) is 71.3 Å². The highest BCUT2D eigenvalue weighted by Crippen LogP contribution is 2.33. The van der Waals surface area contributed by atoms with E-state index in [4.69, 9.17) is 4.74 Å². The van der Waals surface area contributed by atoms with Gasteiger partial charge in [-0.05, 0) is 31.7 Å². The third kappa shape index (κ3) is 3.56. The van der Waals surface area contributed by atoms with Crippen LogP contribution < -0.4 is 10.2 Å². The number of aromatic nitrogens is 3. The Balaban J connectivity index is 1.25. The highest BCUT2D eigenvalue weighted by atomic mass is 16.5. The third-order valence-electron chi connectivity index (χ3n) is 6.42. The molecule has 0 saturated carbocycles. The second kappa shape index (κ2) is 8.10. The Bertz CT molecular complexity index is 1040. The molecule has 2 amide bonds. The number of ether oxygens (including phenoxy) is 1. The molecule has 158 valence electrons. The zero-order valence-electron chi connectivity index (χ0n) is 17.3. The summed E-state index contributed by atoms with van der Waals surface area (Å²) >= 11 is 0. The van der Waals surface area contributed by atoms with Gasteiger partial charge in [0.05, 0.1) is 35.1 Å². The molecule has 5 heterocycles. The summed E-state index contributed by atoms with van der Waals surface area (Å²) in [6.07, 6.45) is 9.71. The number of hydrogen-bond donors (Lipinski definition) is 2. The van der Waals surface area contributed by atoms with Gasteiger partial charge in [-0.25, -0.2) is 14.8 Å². The Hall–Kier alpha value is -2.87. The van der Waals surface area contributed by atoms with E-state index in [1.807, 2.05) is 29.6 Å². The maximum atomic E-state index is 12.7. The van der Waals surface area contributed by atoms with E-state index in [1.54, 1.807) is 7.11 Å². The number of nitrogens with one attached hydrogen (secondary N) is 2. The molecule has 3 aromatic heterocycles. The van der Waals surface area contributed by atoms with Crippen LogP contribution in [0.1, 0.15) is 25.7 Å². The van der Waals surface area contributed by atoms with Crippen LogP contribution in [0.4, 0.5) is 10.5 Å². The monoisotopic (exact) mass is 408 g/mol. The smallest absolute Gasteiger partial charge is 0.317 e. The number of piperidine rings is 2. The molecular weight excluding hydrogens is 380 g/mol. The predicted octanol–water partition coefficient (Wildman–Crippen LogP) is 2.90. The summed E-state index contributed by atoms with van der Waals surface area (Å²) in [6.45, 7) is 3.27. The molecule has 0 radical (unpaired) electrons. The summed E-state index contributed by atoms with van der Waals surface area (Å²) in [6, 6.07) is 4.37. The fraction of sp³-hybridized carbons (Fsp3) is 0.500. The number of carbonyl (C=O) groups excluding carboxylic acids is 1. The molecule has 2 fully saturated rings. The first kappa shape index (κ1) is 19.1. The van der Waals surface area contributed by atoms with Crippen molar-refractivity contribution < 1.29 is 9.53 Å². The molecule has 5 rings (SSSR count). The molecule has 1 unspecified atom stereocenters. The van der Waals surface area contributed by atoms with Crippen LogP contribution in [0, 0.1) is 0 Å². The first-order valence-electron chi connectivity index (χ1n) is 10.8. The predicted molar refractivity (Wildman–Crippen MR) is 117 cm³/mol. The van der Waals surface area contributed by atoms with Crippen molar-refractivity contribution in [2.75, 3.05) is 38.2 Å². The third-order valence-corrected chi connectivity index (χ3v) is 6.42. The van der Waals surface area contributed by atoms with Crippen molar-refractivity contribution in [2.45, 2.75) is 37.8 Å². The van der Waals surface area contributed by atoms with Crippen LogP contribution in [-0.2, 0) is 4.74 Å². The van der Waals surface area contributed by atoms with Crippen LogP contribution in [0.15, 0.2) is 30.7 Å². The molecule has 0 bridgehead atoms. The summed E-state index contributed by atoms with van der Waals surface area (Å²) < 4.78 is 5.44. The van der Waals surface area contributed by atoms with Crippen molar-refractivity contribution in [3.8, 4) is 0 Å². The molecule has 2 aliphatic rings. The minimum absolute atomic E-state index is 0.0429. The molecule has 0 aliphatic carbocycles.